The Kier molecular flexibility index (Phi) is 4.11. The van der Waals surface area contributed by atoms with Gasteiger partial charge in [-0.25, -0.2) is 0 Å². The lowest BCUT2D eigenvalue weighted by Crippen LogP contribution is -2.62. The maximum absolute atomic E-state index is 13.1. The molecule has 5 aliphatic carbocycles. The number of aliphatic hydroxyl groups is 1. The van der Waals surface area contributed by atoms with E-state index in [-0.39, 0.29) is 39.3 Å². The van der Waals surface area contributed by atoms with Crippen molar-refractivity contribution >= 4 is 11.6 Å². The van der Waals surface area contributed by atoms with Crippen LogP contribution in [0.1, 0.15) is 86.5 Å². The van der Waals surface area contributed by atoms with Gasteiger partial charge in [0.2, 0.25) is 0 Å². The number of Topliss-reactive ketones (excluding diaryl/α,β-unsaturated/α-hetero) is 1. The van der Waals surface area contributed by atoms with Gasteiger partial charge in [0, 0.05) is 22.1 Å². The smallest absolute Gasteiger partial charge is 0.185 e. The summed E-state index contributed by atoms with van der Waals surface area (Å²) in [5.41, 5.74) is 2.45. The molecule has 0 bridgehead atoms. The molecule has 0 aromatic heterocycles. The summed E-state index contributed by atoms with van der Waals surface area (Å²) in [5, 5.41) is 10.8. The van der Waals surface area contributed by atoms with Gasteiger partial charge in [-0.1, -0.05) is 34.6 Å². The fourth-order valence-electron chi connectivity index (χ4n) is 9.62. The van der Waals surface area contributed by atoms with E-state index in [4.69, 9.17) is 0 Å². The second-order valence-electron chi connectivity index (χ2n) is 12.6. The van der Waals surface area contributed by atoms with Crippen molar-refractivity contribution in [1.82, 2.24) is 0 Å². The maximum atomic E-state index is 13.1. The van der Waals surface area contributed by atoms with Crippen molar-refractivity contribution in [3.05, 3.63) is 22.8 Å². The van der Waals surface area contributed by atoms with Crippen molar-refractivity contribution in [2.45, 2.75) is 92.6 Å². The first-order chi connectivity index (χ1) is 13.9. The number of hydrogen-bond acceptors (Lipinski definition) is 3. The van der Waals surface area contributed by atoms with Crippen LogP contribution >= 0.6 is 0 Å². The van der Waals surface area contributed by atoms with Crippen LogP contribution in [-0.4, -0.2) is 22.8 Å². The molecule has 0 spiro atoms. The zero-order valence-electron chi connectivity index (χ0n) is 19.6. The number of carbonyl (C=O) groups excluding carboxylic acids is 2. The lowest BCUT2D eigenvalue weighted by molar-refractivity contribution is -0.205. The summed E-state index contributed by atoms with van der Waals surface area (Å²) in [5.74, 6) is 1.70. The molecule has 5 aliphatic rings. The Morgan fingerprint density at radius 1 is 0.867 bits per heavy atom. The molecule has 0 heterocycles. The fraction of sp³-hybridized carbons (Fsp3) is 0.778. The van der Waals surface area contributed by atoms with E-state index in [2.05, 4.69) is 34.6 Å². The molecule has 164 valence electrons. The number of allylic oxidation sites excluding steroid dienone is 4. The molecule has 0 aliphatic heterocycles. The Bertz CT molecular complexity index is 907. The van der Waals surface area contributed by atoms with E-state index < -0.39 is 0 Å². The van der Waals surface area contributed by atoms with Gasteiger partial charge in [-0.2, -0.15) is 0 Å². The summed E-state index contributed by atoms with van der Waals surface area (Å²) in [4.78, 5) is 26.1. The van der Waals surface area contributed by atoms with Crippen molar-refractivity contribution in [3.63, 3.8) is 0 Å². The molecular formula is C27H38O3. The Balaban J connectivity index is 1.56. The lowest BCUT2D eigenvalue weighted by Gasteiger charge is -2.68. The van der Waals surface area contributed by atoms with Gasteiger partial charge in [0.1, 0.15) is 0 Å². The van der Waals surface area contributed by atoms with E-state index in [9.17, 15) is 14.7 Å². The Hall–Kier alpha value is -1.22. The van der Waals surface area contributed by atoms with E-state index in [0.717, 1.165) is 56.1 Å². The molecule has 0 saturated heterocycles. The Morgan fingerprint density at radius 3 is 2.17 bits per heavy atom. The molecule has 3 heteroatoms. The van der Waals surface area contributed by atoms with Crippen LogP contribution in [0.25, 0.3) is 0 Å². The van der Waals surface area contributed by atoms with E-state index in [1.165, 1.54) is 0 Å². The molecule has 1 N–H and O–H groups in total. The quantitative estimate of drug-likeness (QED) is 0.543. The van der Waals surface area contributed by atoms with Gasteiger partial charge < -0.3 is 5.11 Å². The second kappa shape index (κ2) is 5.97. The number of ketones is 2. The topological polar surface area (TPSA) is 54.4 Å². The van der Waals surface area contributed by atoms with Gasteiger partial charge in [0.25, 0.3) is 0 Å². The van der Waals surface area contributed by atoms with Gasteiger partial charge in [0.15, 0.2) is 11.6 Å². The van der Waals surface area contributed by atoms with Crippen LogP contribution in [-0.2, 0) is 9.59 Å². The maximum Gasteiger partial charge on any atom is 0.185 e. The minimum Gasteiger partial charge on any atom is -0.393 e. The average Bonchev–Trinajstić information content (AvgIpc) is 2.98. The average molecular weight is 411 g/mol. The normalized spacial score (nSPS) is 49.8. The fourth-order valence-corrected chi connectivity index (χ4v) is 9.62. The number of aliphatic hydroxyl groups excluding tert-OH is 1. The van der Waals surface area contributed by atoms with E-state index in [1.807, 2.05) is 0 Å². The van der Waals surface area contributed by atoms with Gasteiger partial charge in [-0.05, 0) is 91.9 Å². The monoisotopic (exact) mass is 410 g/mol. The lowest BCUT2D eigenvalue weighted by atomic mass is 9.37. The predicted molar refractivity (Wildman–Crippen MR) is 118 cm³/mol. The van der Waals surface area contributed by atoms with Crippen LogP contribution < -0.4 is 0 Å². The molecule has 3 fully saturated rings. The number of hydrogen-bond donors (Lipinski definition) is 1. The Labute approximate surface area is 181 Å². The predicted octanol–water partition coefficient (Wildman–Crippen LogP) is 5.42. The van der Waals surface area contributed by atoms with Crippen molar-refractivity contribution in [1.29, 1.82) is 0 Å². The van der Waals surface area contributed by atoms with Crippen molar-refractivity contribution in [2.24, 2.45) is 39.4 Å². The van der Waals surface area contributed by atoms with E-state index >= 15 is 0 Å². The largest absolute Gasteiger partial charge is 0.393 e. The summed E-state index contributed by atoms with van der Waals surface area (Å²) in [6.07, 6.45) is 8.57. The minimum absolute atomic E-state index is 0.0464. The molecule has 7 atom stereocenters. The molecule has 3 saturated carbocycles. The van der Waals surface area contributed by atoms with Crippen molar-refractivity contribution in [2.75, 3.05) is 0 Å². The molecular weight excluding hydrogens is 372 g/mol. The second-order valence-corrected chi connectivity index (χ2v) is 12.6. The molecule has 0 amide bonds. The van der Waals surface area contributed by atoms with Crippen molar-refractivity contribution in [3.8, 4) is 0 Å². The van der Waals surface area contributed by atoms with Gasteiger partial charge >= 0.3 is 0 Å². The summed E-state index contributed by atoms with van der Waals surface area (Å²) in [6.45, 7) is 13.6. The summed E-state index contributed by atoms with van der Waals surface area (Å²) < 4.78 is 0. The highest BCUT2D eigenvalue weighted by Crippen LogP contribution is 2.74. The molecule has 3 unspecified atom stereocenters. The first kappa shape index (κ1) is 20.7. The minimum atomic E-state index is -0.210. The molecule has 3 nitrogen and oxygen atoms in total. The third-order valence-electron chi connectivity index (χ3n) is 11.1. The molecule has 0 aromatic rings. The van der Waals surface area contributed by atoms with Crippen LogP contribution in [0.3, 0.4) is 0 Å². The summed E-state index contributed by atoms with van der Waals surface area (Å²) in [6, 6.07) is 0. The third kappa shape index (κ3) is 2.26. The van der Waals surface area contributed by atoms with Gasteiger partial charge in [-0.3, -0.25) is 9.59 Å². The van der Waals surface area contributed by atoms with E-state index in [0.29, 0.717) is 23.3 Å². The van der Waals surface area contributed by atoms with Crippen LogP contribution in [0.15, 0.2) is 22.8 Å². The van der Waals surface area contributed by atoms with E-state index in [1.54, 1.807) is 13.0 Å². The number of carbonyl (C=O) groups is 2. The molecule has 0 radical (unpaired) electrons. The first-order valence-electron chi connectivity index (χ1n) is 12.1. The standard InChI is InChI=1S/C27H38O3/c1-15-13-17(28)22-16(23(15)30)14-20-26(5)10-7-18-24(2,3)21(29)9-12-25(18,4)19(26)8-11-27(20,22)6/h13,18-21,29H,7-12,14H2,1-6H3/t18-,19?,20-,21?,25+,26-,27?/m0/s1. The highest BCUT2D eigenvalue weighted by Gasteiger charge is 2.67. The van der Waals surface area contributed by atoms with Gasteiger partial charge in [-0.15, -0.1) is 0 Å². The molecule has 0 aromatic carbocycles. The summed E-state index contributed by atoms with van der Waals surface area (Å²) >= 11 is 0. The van der Waals surface area contributed by atoms with Crippen molar-refractivity contribution < 1.29 is 14.7 Å². The SMILES string of the molecule is CC1=CC(=O)C2=C(C[C@@H]3C2(C)CCC2[C@]3(C)CC[C@H]3C(C)(C)C(O)CC[C@@]23C)C1=O. The zero-order valence-corrected chi connectivity index (χ0v) is 19.6. The van der Waals surface area contributed by atoms with Gasteiger partial charge in [0.05, 0.1) is 6.10 Å². The van der Waals surface area contributed by atoms with Crippen LogP contribution in [0.5, 0.6) is 0 Å². The number of fused-ring (bicyclic) bond motifs is 6. The zero-order chi connectivity index (χ0) is 21.9. The van der Waals surface area contributed by atoms with Crippen LogP contribution in [0.2, 0.25) is 0 Å². The highest BCUT2D eigenvalue weighted by molar-refractivity contribution is 6.23. The van der Waals surface area contributed by atoms with Crippen LogP contribution in [0, 0.1) is 39.4 Å². The molecule has 30 heavy (non-hydrogen) atoms. The molecule has 5 rings (SSSR count). The third-order valence-corrected chi connectivity index (χ3v) is 11.1. The first-order valence-corrected chi connectivity index (χ1v) is 12.1. The Morgan fingerprint density at radius 2 is 1.47 bits per heavy atom. The van der Waals surface area contributed by atoms with Crippen LogP contribution in [0.4, 0.5) is 0 Å². The summed E-state index contributed by atoms with van der Waals surface area (Å²) in [7, 11) is 0. The number of rotatable bonds is 0. The highest BCUT2D eigenvalue weighted by atomic mass is 16.3.